The van der Waals surface area contributed by atoms with Crippen molar-refractivity contribution in [2.45, 2.75) is 25.7 Å². The van der Waals surface area contributed by atoms with Crippen LogP contribution in [0.25, 0.3) is 0 Å². The van der Waals surface area contributed by atoms with Crippen molar-refractivity contribution in [2.24, 2.45) is 11.8 Å². The summed E-state index contributed by atoms with van der Waals surface area (Å²) in [4.78, 5) is 23.1. The Morgan fingerprint density at radius 2 is 1.86 bits per heavy atom. The predicted octanol–water partition coefficient (Wildman–Crippen LogP) is 3.56. The molecule has 2 unspecified atom stereocenters. The van der Waals surface area contributed by atoms with E-state index >= 15 is 0 Å². The highest BCUT2D eigenvalue weighted by molar-refractivity contribution is 9.10. The summed E-state index contributed by atoms with van der Waals surface area (Å²) in [5, 5.41) is 11.4. The number of rotatable bonds is 3. The maximum absolute atomic E-state index is 13.6. The lowest BCUT2D eigenvalue weighted by Crippen LogP contribution is -2.31. The second kappa shape index (κ2) is 6.51. The third-order valence-corrected chi connectivity index (χ3v) is 4.27. The summed E-state index contributed by atoms with van der Waals surface area (Å²) >= 11 is 2.92. The SMILES string of the molecule is O=C(O)C1CCCC(C(=O)Nc2cc(Br)c(F)cc2F)C1. The molecule has 1 aliphatic carbocycles. The van der Waals surface area contributed by atoms with E-state index < -0.39 is 35.3 Å². The second-order valence-electron chi connectivity index (χ2n) is 5.13. The fourth-order valence-electron chi connectivity index (χ4n) is 2.51. The summed E-state index contributed by atoms with van der Waals surface area (Å²) in [6, 6.07) is 1.83. The van der Waals surface area contributed by atoms with Gasteiger partial charge in [0.1, 0.15) is 11.6 Å². The Morgan fingerprint density at radius 1 is 1.19 bits per heavy atom. The van der Waals surface area contributed by atoms with Gasteiger partial charge >= 0.3 is 5.97 Å². The van der Waals surface area contributed by atoms with Gasteiger partial charge in [-0.05, 0) is 41.3 Å². The lowest BCUT2D eigenvalue weighted by atomic mass is 9.81. The normalized spacial score (nSPS) is 21.9. The van der Waals surface area contributed by atoms with Crippen molar-refractivity contribution in [1.29, 1.82) is 0 Å². The molecule has 0 aromatic heterocycles. The Kier molecular flexibility index (Phi) is 4.92. The number of hydrogen-bond donors (Lipinski definition) is 2. The van der Waals surface area contributed by atoms with Crippen molar-refractivity contribution in [3.05, 3.63) is 28.2 Å². The lowest BCUT2D eigenvalue weighted by Gasteiger charge is -2.25. The van der Waals surface area contributed by atoms with Crippen LogP contribution in [0.5, 0.6) is 0 Å². The van der Waals surface area contributed by atoms with Gasteiger partial charge in [0, 0.05) is 12.0 Å². The molecule has 7 heteroatoms. The van der Waals surface area contributed by atoms with E-state index in [1.807, 2.05) is 0 Å². The largest absolute Gasteiger partial charge is 0.481 e. The third-order valence-electron chi connectivity index (χ3n) is 3.66. The van der Waals surface area contributed by atoms with E-state index in [4.69, 9.17) is 5.11 Å². The van der Waals surface area contributed by atoms with Crippen molar-refractivity contribution >= 4 is 33.5 Å². The third kappa shape index (κ3) is 3.78. The predicted molar refractivity (Wildman–Crippen MR) is 75.8 cm³/mol. The summed E-state index contributed by atoms with van der Waals surface area (Å²) in [7, 11) is 0. The van der Waals surface area contributed by atoms with Crippen LogP contribution in [-0.4, -0.2) is 17.0 Å². The standard InChI is InChI=1S/C14H14BrF2NO3/c15-9-5-12(11(17)6-10(9)16)18-13(19)7-2-1-3-8(4-7)14(20)21/h5-8H,1-4H2,(H,18,19)(H,20,21). The molecule has 0 heterocycles. The molecule has 2 rings (SSSR count). The highest BCUT2D eigenvalue weighted by atomic mass is 79.9. The van der Waals surface area contributed by atoms with Crippen LogP contribution >= 0.6 is 15.9 Å². The molecule has 21 heavy (non-hydrogen) atoms. The number of anilines is 1. The molecule has 1 amide bonds. The number of nitrogens with one attached hydrogen (secondary N) is 1. The molecule has 2 atom stereocenters. The summed E-state index contributed by atoms with van der Waals surface area (Å²) < 4.78 is 26.8. The molecular weight excluding hydrogens is 348 g/mol. The minimum Gasteiger partial charge on any atom is -0.481 e. The summed E-state index contributed by atoms with van der Waals surface area (Å²) in [6.45, 7) is 0. The fraction of sp³-hybridized carbons (Fsp3) is 0.429. The minimum absolute atomic E-state index is 0.0475. The fourth-order valence-corrected chi connectivity index (χ4v) is 2.85. The van der Waals surface area contributed by atoms with Crippen LogP contribution in [0.3, 0.4) is 0 Å². The van der Waals surface area contributed by atoms with Crippen molar-refractivity contribution in [3.8, 4) is 0 Å². The van der Waals surface area contributed by atoms with Gasteiger partial charge in [-0.2, -0.15) is 0 Å². The Morgan fingerprint density at radius 3 is 2.52 bits per heavy atom. The van der Waals surface area contributed by atoms with Gasteiger partial charge in [0.2, 0.25) is 5.91 Å². The van der Waals surface area contributed by atoms with E-state index in [0.717, 1.165) is 6.07 Å². The van der Waals surface area contributed by atoms with Crippen LogP contribution < -0.4 is 5.32 Å². The van der Waals surface area contributed by atoms with Gasteiger partial charge in [0.05, 0.1) is 16.1 Å². The van der Waals surface area contributed by atoms with Gasteiger partial charge in [-0.15, -0.1) is 0 Å². The van der Waals surface area contributed by atoms with E-state index in [0.29, 0.717) is 25.3 Å². The van der Waals surface area contributed by atoms with E-state index in [1.54, 1.807) is 0 Å². The molecule has 1 aromatic rings. The average molecular weight is 362 g/mol. The van der Waals surface area contributed by atoms with E-state index in [1.165, 1.54) is 0 Å². The molecule has 4 nitrogen and oxygen atoms in total. The van der Waals surface area contributed by atoms with Crippen LogP contribution in [0.4, 0.5) is 14.5 Å². The number of carbonyl (C=O) groups is 2. The summed E-state index contributed by atoms with van der Waals surface area (Å²) in [6.07, 6.45) is 2.00. The first-order valence-corrected chi connectivity index (χ1v) is 7.36. The maximum atomic E-state index is 13.6. The zero-order valence-electron chi connectivity index (χ0n) is 11.0. The van der Waals surface area contributed by atoms with Crippen molar-refractivity contribution in [2.75, 3.05) is 5.32 Å². The number of amides is 1. The van der Waals surface area contributed by atoms with Gasteiger partial charge in [-0.25, -0.2) is 8.78 Å². The van der Waals surface area contributed by atoms with Gasteiger partial charge in [0.25, 0.3) is 0 Å². The molecule has 114 valence electrons. The van der Waals surface area contributed by atoms with E-state index in [9.17, 15) is 18.4 Å². The Labute approximate surface area is 128 Å². The van der Waals surface area contributed by atoms with Gasteiger partial charge in [0.15, 0.2) is 0 Å². The molecule has 0 saturated heterocycles. The number of benzene rings is 1. The molecule has 2 N–H and O–H groups in total. The first-order valence-electron chi connectivity index (χ1n) is 6.56. The molecule has 1 fully saturated rings. The number of aliphatic carboxylic acids is 1. The average Bonchev–Trinajstić information content (AvgIpc) is 2.44. The first-order chi connectivity index (χ1) is 9.88. The minimum atomic E-state index is -0.914. The molecule has 1 aliphatic rings. The molecule has 0 bridgehead atoms. The van der Waals surface area contributed by atoms with Crippen molar-refractivity contribution in [3.63, 3.8) is 0 Å². The van der Waals surface area contributed by atoms with Gasteiger partial charge in [-0.1, -0.05) is 6.42 Å². The van der Waals surface area contributed by atoms with Crippen LogP contribution in [-0.2, 0) is 9.59 Å². The summed E-state index contributed by atoms with van der Waals surface area (Å²) in [5.74, 6) is -3.98. The molecule has 1 aromatic carbocycles. The van der Waals surface area contributed by atoms with Crippen LogP contribution in [0.2, 0.25) is 0 Å². The zero-order valence-corrected chi connectivity index (χ0v) is 12.6. The van der Waals surface area contributed by atoms with Gasteiger partial charge in [-0.3, -0.25) is 9.59 Å². The number of carboxylic acids is 1. The molecule has 0 radical (unpaired) electrons. The van der Waals surface area contributed by atoms with Crippen LogP contribution in [0.15, 0.2) is 16.6 Å². The van der Waals surface area contributed by atoms with Crippen molar-refractivity contribution < 1.29 is 23.5 Å². The Balaban J connectivity index is 2.07. The number of hydrogen-bond acceptors (Lipinski definition) is 2. The quantitative estimate of drug-likeness (QED) is 0.809. The van der Waals surface area contributed by atoms with Crippen molar-refractivity contribution in [1.82, 2.24) is 0 Å². The Bertz CT molecular complexity index is 580. The molecule has 1 saturated carbocycles. The highest BCUT2D eigenvalue weighted by Gasteiger charge is 2.31. The monoisotopic (exact) mass is 361 g/mol. The molecule has 0 spiro atoms. The summed E-state index contributed by atoms with van der Waals surface area (Å²) in [5.41, 5.74) is -0.120. The molecular formula is C14H14BrF2NO3. The van der Waals surface area contributed by atoms with Crippen LogP contribution in [0, 0.1) is 23.5 Å². The molecule has 0 aliphatic heterocycles. The van der Waals surface area contributed by atoms with E-state index in [-0.39, 0.29) is 16.6 Å². The Hall–Kier alpha value is -1.50. The van der Waals surface area contributed by atoms with Gasteiger partial charge < -0.3 is 10.4 Å². The van der Waals surface area contributed by atoms with E-state index in [2.05, 4.69) is 21.2 Å². The highest BCUT2D eigenvalue weighted by Crippen LogP contribution is 2.31. The maximum Gasteiger partial charge on any atom is 0.306 e. The second-order valence-corrected chi connectivity index (χ2v) is 5.99. The van der Waals surface area contributed by atoms with Crippen LogP contribution in [0.1, 0.15) is 25.7 Å². The topological polar surface area (TPSA) is 66.4 Å². The number of carboxylic acid groups (broad SMARTS) is 1. The zero-order chi connectivity index (χ0) is 15.6. The number of carbonyl (C=O) groups excluding carboxylic acids is 1. The first kappa shape index (κ1) is 15.9. The number of halogens is 3. The lowest BCUT2D eigenvalue weighted by molar-refractivity contribution is -0.143. The smallest absolute Gasteiger partial charge is 0.306 e.